The average Bonchev–Trinajstić information content (AvgIpc) is 3.15. The molecule has 0 N–H and O–H groups in total. The molecule has 4 heterocycles. The van der Waals surface area contributed by atoms with Gasteiger partial charge in [0.1, 0.15) is 11.6 Å². The van der Waals surface area contributed by atoms with Crippen LogP contribution in [0.2, 0.25) is 0 Å². The number of anilines is 2. The van der Waals surface area contributed by atoms with Gasteiger partial charge >= 0.3 is 0 Å². The van der Waals surface area contributed by atoms with Crippen molar-refractivity contribution in [1.82, 2.24) is 9.88 Å². The van der Waals surface area contributed by atoms with Gasteiger partial charge in [0.15, 0.2) is 0 Å². The van der Waals surface area contributed by atoms with Crippen LogP contribution in [-0.4, -0.2) is 62.4 Å². The third-order valence-corrected chi connectivity index (χ3v) is 5.40. The van der Waals surface area contributed by atoms with E-state index in [1.165, 1.54) is 0 Å². The Hall–Kier alpha value is -2.05. The van der Waals surface area contributed by atoms with Crippen molar-refractivity contribution in [1.29, 1.82) is 0 Å². The highest BCUT2D eigenvalue weighted by Crippen LogP contribution is 2.32. The molecule has 4 rings (SSSR count). The second kappa shape index (κ2) is 7.29. The highest BCUT2D eigenvalue weighted by atomic mass is 16.5. The van der Waals surface area contributed by atoms with Crippen molar-refractivity contribution in [3.8, 4) is 0 Å². The van der Waals surface area contributed by atoms with Crippen molar-refractivity contribution in [2.75, 3.05) is 56.7 Å². The van der Waals surface area contributed by atoms with Crippen LogP contribution in [0.5, 0.6) is 0 Å². The fourth-order valence-corrected chi connectivity index (χ4v) is 4.05. The molecule has 0 amide bonds. The van der Waals surface area contributed by atoms with E-state index in [2.05, 4.69) is 31.8 Å². The molecular formula is C20H28N4O2. The fraction of sp³-hybridized carbons (Fsp3) is 0.550. The maximum atomic E-state index is 6.32. The summed E-state index contributed by atoms with van der Waals surface area (Å²) in [6.45, 7) is 5.47. The van der Waals surface area contributed by atoms with E-state index in [0.717, 1.165) is 69.4 Å². The molecule has 0 aliphatic carbocycles. The summed E-state index contributed by atoms with van der Waals surface area (Å²) in [5.74, 6) is 2.07. The lowest BCUT2D eigenvalue weighted by Crippen LogP contribution is -2.59. The van der Waals surface area contributed by atoms with Crippen LogP contribution in [0.1, 0.15) is 18.6 Å². The van der Waals surface area contributed by atoms with Gasteiger partial charge in [0.05, 0.1) is 36.9 Å². The number of morpholine rings is 1. The van der Waals surface area contributed by atoms with E-state index in [9.17, 15) is 0 Å². The number of aromatic nitrogens is 1. The number of rotatable bonds is 4. The number of furan rings is 1. The van der Waals surface area contributed by atoms with Crippen LogP contribution >= 0.6 is 0 Å². The van der Waals surface area contributed by atoms with Crippen LogP contribution in [0.4, 0.5) is 11.5 Å². The molecule has 1 atom stereocenters. The topological polar surface area (TPSA) is 45.0 Å². The van der Waals surface area contributed by atoms with E-state index in [1.807, 2.05) is 32.4 Å². The predicted molar refractivity (Wildman–Crippen MR) is 103 cm³/mol. The first kappa shape index (κ1) is 17.4. The minimum absolute atomic E-state index is 0.106. The van der Waals surface area contributed by atoms with Crippen LogP contribution in [0.25, 0.3) is 0 Å². The van der Waals surface area contributed by atoms with Crippen molar-refractivity contribution < 1.29 is 9.15 Å². The molecule has 6 nitrogen and oxygen atoms in total. The number of piperidine rings is 1. The molecule has 26 heavy (non-hydrogen) atoms. The van der Waals surface area contributed by atoms with Crippen LogP contribution in [0.15, 0.2) is 41.1 Å². The number of nitrogens with zero attached hydrogens (tertiary/aromatic N) is 4. The summed E-state index contributed by atoms with van der Waals surface area (Å²) < 4.78 is 11.8. The number of ether oxygens (including phenoxy) is 1. The summed E-state index contributed by atoms with van der Waals surface area (Å²) >= 11 is 0. The second-order valence-corrected chi connectivity index (χ2v) is 7.62. The zero-order chi connectivity index (χ0) is 18.0. The zero-order valence-corrected chi connectivity index (χ0v) is 15.7. The van der Waals surface area contributed by atoms with Gasteiger partial charge in [-0.15, -0.1) is 0 Å². The fourth-order valence-electron chi connectivity index (χ4n) is 4.05. The molecule has 0 aromatic carbocycles. The standard InChI is InChI=1S/C20H28N4O2/c1-22(2)17-6-7-19(21-13-17)24-9-4-8-20(16-24)15-23(10-12-26-20)14-18-5-3-11-25-18/h3,5-7,11,13H,4,8-10,12,14-16H2,1-2H3/t20-/m1/s1. The normalized spacial score (nSPS) is 24.2. The van der Waals surface area contributed by atoms with E-state index in [-0.39, 0.29) is 5.60 Å². The number of pyridine rings is 1. The first-order valence-electron chi connectivity index (χ1n) is 9.41. The van der Waals surface area contributed by atoms with E-state index < -0.39 is 0 Å². The summed E-state index contributed by atoms with van der Waals surface area (Å²) in [5, 5.41) is 0. The quantitative estimate of drug-likeness (QED) is 0.839. The van der Waals surface area contributed by atoms with Crippen LogP contribution in [-0.2, 0) is 11.3 Å². The lowest BCUT2D eigenvalue weighted by Gasteiger charge is -2.48. The van der Waals surface area contributed by atoms with Crippen molar-refractivity contribution >= 4 is 11.5 Å². The Morgan fingerprint density at radius 3 is 2.85 bits per heavy atom. The van der Waals surface area contributed by atoms with Gasteiger partial charge in [-0.05, 0) is 37.1 Å². The highest BCUT2D eigenvalue weighted by Gasteiger charge is 2.41. The summed E-state index contributed by atoms with van der Waals surface area (Å²) in [6, 6.07) is 8.26. The molecule has 140 valence electrons. The molecule has 2 fully saturated rings. The molecule has 2 aliphatic heterocycles. The van der Waals surface area contributed by atoms with Crippen LogP contribution in [0.3, 0.4) is 0 Å². The zero-order valence-electron chi connectivity index (χ0n) is 15.7. The highest BCUT2D eigenvalue weighted by molar-refractivity contribution is 5.50. The van der Waals surface area contributed by atoms with E-state index in [0.29, 0.717) is 0 Å². The second-order valence-electron chi connectivity index (χ2n) is 7.62. The molecule has 2 saturated heterocycles. The molecule has 2 aromatic heterocycles. The maximum Gasteiger partial charge on any atom is 0.128 e. The molecule has 0 radical (unpaired) electrons. The monoisotopic (exact) mass is 356 g/mol. The smallest absolute Gasteiger partial charge is 0.128 e. The van der Waals surface area contributed by atoms with Gasteiger partial charge in [0, 0.05) is 40.3 Å². The third-order valence-electron chi connectivity index (χ3n) is 5.40. The largest absolute Gasteiger partial charge is 0.468 e. The summed E-state index contributed by atoms with van der Waals surface area (Å²) in [5.41, 5.74) is 1.02. The number of hydrogen-bond acceptors (Lipinski definition) is 6. The van der Waals surface area contributed by atoms with Gasteiger partial charge in [-0.1, -0.05) is 0 Å². The van der Waals surface area contributed by atoms with Gasteiger partial charge in [-0.2, -0.15) is 0 Å². The molecule has 0 unspecified atom stereocenters. The van der Waals surface area contributed by atoms with Crippen molar-refractivity contribution in [3.63, 3.8) is 0 Å². The van der Waals surface area contributed by atoms with Gasteiger partial charge < -0.3 is 19.0 Å². The Kier molecular flexibility index (Phi) is 4.87. The van der Waals surface area contributed by atoms with Crippen LogP contribution < -0.4 is 9.80 Å². The van der Waals surface area contributed by atoms with E-state index in [4.69, 9.17) is 9.15 Å². The maximum absolute atomic E-state index is 6.32. The molecular weight excluding hydrogens is 328 g/mol. The van der Waals surface area contributed by atoms with Gasteiger partial charge in [0.2, 0.25) is 0 Å². The van der Waals surface area contributed by atoms with Crippen molar-refractivity contribution in [2.24, 2.45) is 0 Å². The third kappa shape index (κ3) is 3.71. The molecule has 2 aliphatic rings. The minimum atomic E-state index is -0.106. The first-order valence-corrected chi connectivity index (χ1v) is 9.41. The van der Waals surface area contributed by atoms with Gasteiger partial charge in [-0.25, -0.2) is 4.98 Å². The SMILES string of the molecule is CN(C)c1ccc(N2CCC[C@@]3(CN(Cc4ccco4)CCO3)C2)nc1. The molecule has 6 heteroatoms. The Labute approximate surface area is 155 Å². The first-order chi connectivity index (χ1) is 12.6. The Balaban J connectivity index is 1.44. The van der Waals surface area contributed by atoms with Gasteiger partial charge in [-0.3, -0.25) is 4.90 Å². The molecule has 1 spiro atoms. The van der Waals surface area contributed by atoms with E-state index in [1.54, 1.807) is 6.26 Å². The summed E-state index contributed by atoms with van der Waals surface area (Å²) in [4.78, 5) is 11.6. The molecule has 2 aromatic rings. The average molecular weight is 356 g/mol. The lowest BCUT2D eigenvalue weighted by molar-refractivity contribution is -0.117. The Morgan fingerprint density at radius 1 is 1.19 bits per heavy atom. The Bertz CT molecular complexity index is 697. The van der Waals surface area contributed by atoms with Gasteiger partial charge in [0.25, 0.3) is 0 Å². The summed E-state index contributed by atoms with van der Waals surface area (Å²) in [7, 11) is 4.08. The molecule has 0 bridgehead atoms. The van der Waals surface area contributed by atoms with Crippen LogP contribution in [0, 0.1) is 0 Å². The number of hydrogen-bond donors (Lipinski definition) is 0. The van der Waals surface area contributed by atoms with E-state index >= 15 is 0 Å². The van der Waals surface area contributed by atoms with Crippen molar-refractivity contribution in [3.05, 3.63) is 42.5 Å². The predicted octanol–water partition coefficient (Wildman–Crippen LogP) is 2.61. The lowest BCUT2D eigenvalue weighted by atomic mass is 9.90. The summed E-state index contributed by atoms with van der Waals surface area (Å²) in [6.07, 6.45) is 5.93. The van der Waals surface area contributed by atoms with Crippen molar-refractivity contribution in [2.45, 2.75) is 25.0 Å². The minimum Gasteiger partial charge on any atom is -0.468 e. The molecule has 0 saturated carbocycles. The Morgan fingerprint density at radius 2 is 2.12 bits per heavy atom.